The van der Waals surface area contributed by atoms with E-state index in [0.29, 0.717) is 11.1 Å². The van der Waals surface area contributed by atoms with Crippen molar-refractivity contribution in [3.05, 3.63) is 64.2 Å². The van der Waals surface area contributed by atoms with E-state index >= 15 is 0 Å². The lowest BCUT2D eigenvalue weighted by Crippen LogP contribution is -2.34. The molecule has 37 heavy (non-hydrogen) atoms. The molecule has 0 radical (unpaired) electrons. The topological polar surface area (TPSA) is 55.4 Å². The molecule has 1 aliphatic rings. The van der Waals surface area contributed by atoms with Crippen molar-refractivity contribution in [2.24, 2.45) is 11.8 Å². The molecule has 4 unspecified atom stereocenters. The van der Waals surface area contributed by atoms with Gasteiger partial charge in [-0.3, -0.25) is 9.59 Å². The number of nitrogens with one attached hydrogen (secondary N) is 1. The number of hydrogen-bond donors (Lipinski definition) is 1. The predicted octanol–water partition coefficient (Wildman–Crippen LogP) is 7.69. The fourth-order valence-corrected chi connectivity index (χ4v) is 4.61. The van der Waals surface area contributed by atoms with Crippen LogP contribution in [0.5, 0.6) is 0 Å². The van der Waals surface area contributed by atoms with Crippen molar-refractivity contribution in [1.82, 2.24) is 0 Å². The van der Waals surface area contributed by atoms with Gasteiger partial charge in [0.2, 0.25) is 5.91 Å². The number of benzene rings is 2. The number of hydrogen-bond acceptors (Lipinski definition) is 3. The quantitative estimate of drug-likeness (QED) is 0.260. The number of carbonyl (C=O) groups excluding carboxylic acids is 2. The number of halogens is 6. The van der Waals surface area contributed by atoms with E-state index in [-0.39, 0.29) is 41.0 Å². The average molecular weight is 546 g/mol. The molecule has 0 spiro atoms. The number of ether oxygens (including phenoxy) is 1. The zero-order valence-corrected chi connectivity index (χ0v) is 21.6. The highest BCUT2D eigenvalue weighted by molar-refractivity contribution is 6.33. The third-order valence-corrected chi connectivity index (χ3v) is 7.25. The summed E-state index contributed by atoms with van der Waals surface area (Å²) in [6.45, 7) is 4.71. The Morgan fingerprint density at radius 3 is 2.14 bits per heavy atom. The van der Waals surface area contributed by atoms with Crippen LogP contribution >= 0.6 is 11.6 Å². The van der Waals surface area contributed by atoms with E-state index < -0.39 is 41.7 Å². The zero-order valence-electron chi connectivity index (χ0n) is 20.8. The second kappa shape index (κ2) is 11.0. The molecule has 4 atom stereocenters. The van der Waals surface area contributed by atoms with E-state index in [9.17, 15) is 31.5 Å². The van der Waals surface area contributed by atoms with Gasteiger partial charge in [-0.2, -0.15) is 13.2 Å². The molecule has 0 saturated heterocycles. The first-order valence-electron chi connectivity index (χ1n) is 11.9. The molecule has 0 aliphatic heterocycles. The molecular weight excluding hydrogens is 517 g/mol. The molecule has 0 heterocycles. The number of esters is 1. The van der Waals surface area contributed by atoms with Crippen molar-refractivity contribution in [3.8, 4) is 0 Å². The van der Waals surface area contributed by atoms with Crippen molar-refractivity contribution in [3.63, 3.8) is 0 Å². The van der Waals surface area contributed by atoms with Gasteiger partial charge >= 0.3 is 12.1 Å². The molecule has 2 aromatic carbocycles. The summed E-state index contributed by atoms with van der Waals surface area (Å²) in [6.07, 6.45) is -4.93. The number of anilines is 1. The Morgan fingerprint density at radius 2 is 1.65 bits per heavy atom. The van der Waals surface area contributed by atoms with E-state index in [2.05, 4.69) is 5.32 Å². The SMILES string of the molecule is COC(=O)CC(c1ccc(Cl)c(NC(=O)C(c2ccc(C3CC3(F)F)cc2)C(C)C(F)(F)F)c1)C(C)C. The molecule has 1 saturated carbocycles. The standard InChI is InChI=1S/C27H29ClF5NO3/c1-14(2)19(12-23(35)37-4)18-9-10-21(28)22(11-18)34-25(36)24(15(3)27(31,32)33)17-7-5-16(6-8-17)20-13-26(20,29)30/h5-11,14-15,19-20,24H,12-13H2,1-4H3,(H,34,36). The van der Waals surface area contributed by atoms with Crippen LogP contribution in [0.25, 0.3) is 0 Å². The molecule has 0 bridgehead atoms. The summed E-state index contributed by atoms with van der Waals surface area (Å²) in [5.41, 5.74) is 1.13. The summed E-state index contributed by atoms with van der Waals surface area (Å²) < 4.78 is 72.8. The maximum atomic E-state index is 13.7. The van der Waals surface area contributed by atoms with Gasteiger partial charge in [-0.25, -0.2) is 8.78 Å². The van der Waals surface area contributed by atoms with Crippen molar-refractivity contribution in [1.29, 1.82) is 0 Å². The Bertz CT molecular complexity index is 1130. The van der Waals surface area contributed by atoms with Crippen LogP contribution in [0.3, 0.4) is 0 Å². The van der Waals surface area contributed by atoms with E-state index in [1.807, 2.05) is 13.8 Å². The largest absolute Gasteiger partial charge is 0.469 e. The van der Waals surface area contributed by atoms with Crippen LogP contribution in [0.2, 0.25) is 5.02 Å². The minimum Gasteiger partial charge on any atom is -0.469 e. The lowest BCUT2D eigenvalue weighted by Gasteiger charge is -2.26. The summed E-state index contributed by atoms with van der Waals surface area (Å²) >= 11 is 6.27. The van der Waals surface area contributed by atoms with Crippen LogP contribution in [0.1, 0.15) is 68.1 Å². The summed E-state index contributed by atoms with van der Waals surface area (Å²) in [7, 11) is 1.28. The molecule has 202 valence electrons. The fraction of sp³-hybridized carbons (Fsp3) is 0.481. The van der Waals surface area contributed by atoms with Crippen LogP contribution in [-0.2, 0) is 14.3 Å². The molecular formula is C27H29ClF5NO3. The average Bonchev–Trinajstić information content (AvgIpc) is 3.46. The van der Waals surface area contributed by atoms with Crippen LogP contribution in [0.4, 0.5) is 27.6 Å². The minimum atomic E-state index is -4.70. The molecule has 10 heteroatoms. The highest BCUT2D eigenvalue weighted by atomic mass is 35.5. The number of amides is 1. The second-order valence-electron chi connectivity index (χ2n) is 9.85. The first kappa shape index (κ1) is 28.9. The maximum Gasteiger partial charge on any atom is 0.392 e. The van der Waals surface area contributed by atoms with Crippen LogP contribution in [-0.4, -0.2) is 31.1 Å². The molecule has 0 aromatic heterocycles. The Labute approximate surface area is 217 Å². The van der Waals surface area contributed by atoms with Gasteiger partial charge in [0.25, 0.3) is 5.92 Å². The zero-order chi connectivity index (χ0) is 27.7. The van der Waals surface area contributed by atoms with E-state index in [0.717, 1.165) is 6.92 Å². The first-order chi connectivity index (χ1) is 17.2. The molecule has 2 aromatic rings. The van der Waals surface area contributed by atoms with Crippen LogP contribution in [0.15, 0.2) is 42.5 Å². The lowest BCUT2D eigenvalue weighted by molar-refractivity contribution is -0.178. The van der Waals surface area contributed by atoms with Gasteiger partial charge in [0.05, 0.1) is 42.0 Å². The smallest absolute Gasteiger partial charge is 0.392 e. The predicted molar refractivity (Wildman–Crippen MR) is 131 cm³/mol. The third kappa shape index (κ3) is 6.80. The van der Waals surface area contributed by atoms with Crippen LogP contribution in [0, 0.1) is 11.8 Å². The van der Waals surface area contributed by atoms with E-state index in [4.69, 9.17) is 16.3 Å². The monoisotopic (exact) mass is 545 g/mol. The third-order valence-electron chi connectivity index (χ3n) is 6.92. The van der Waals surface area contributed by atoms with Crippen molar-refractivity contribution >= 4 is 29.2 Å². The Kier molecular flexibility index (Phi) is 8.57. The first-order valence-corrected chi connectivity index (χ1v) is 12.2. The van der Waals surface area contributed by atoms with Gasteiger partial charge in [0.15, 0.2) is 0 Å². The normalized spacial score (nSPS) is 19.2. The Balaban J connectivity index is 1.91. The molecule has 1 fully saturated rings. The van der Waals surface area contributed by atoms with E-state index in [1.165, 1.54) is 37.4 Å². The van der Waals surface area contributed by atoms with Gasteiger partial charge in [0.1, 0.15) is 0 Å². The Morgan fingerprint density at radius 1 is 1.08 bits per heavy atom. The minimum absolute atomic E-state index is 0.0131. The van der Waals surface area contributed by atoms with Crippen LogP contribution < -0.4 is 5.32 Å². The number of carbonyl (C=O) groups is 2. The summed E-state index contributed by atoms with van der Waals surface area (Å²) in [5.74, 6) is -9.13. The summed E-state index contributed by atoms with van der Waals surface area (Å²) in [5, 5.41) is 2.63. The molecule has 1 amide bonds. The molecule has 1 aliphatic carbocycles. The molecule has 3 rings (SSSR count). The number of alkyl halides is 5. The summed E-state index contributed by atoms with van der Waals surface area (Å²) in [4.78, 5) is 25.1. The maximum absolute atomic E-state index is 13.7. The van der Waals surface area contributed by atoms with Gasteiger partial charge in [-0.1, -0.05) is 62.7 Å². The van der Waals surface area contributed by atoms with E-state index in [1.54, 1.807) is 12.1 Å². The highest BCUT2D eigenvalue weighted by Gasteiger charge is 2.57. The number of methoxy groups -OCH3 is 1. The lowest BCUT2D eigenvalue weighted by atomic mass is 9.84. The van der Waals surface area contributed by atoms with Gasteiger partial charge in [0, 0.05) is 6.42 Å². The van der Waals surface area contributed by atoms with Crippen molar-refractivity contribution in [2.45, 2.75) is 63.5 Å². The fourth-order valence-electron chi connectivity index (χ4n) is 4.45. The summed E-state index contributed by atoms with van der Waals surface area (Å²) in [6, 6.07) is 10.0. The molecule has 4 nitrogen and oxygen atoms in total. The molecule has 1 N–H and O–H groups in total. The second-order valence-corrected chi connectivity index (χ2v) is 10.3. The Hall–Kier alpha value is -2.68. The van der Waals surface area contributed by atoms with Gasteiger partial charge in [-0.15, -0.1) is 0 Å². The van der Waals surface area contributed by atoms with Crippen molar-refractivity contribution in [2.75, 3.05) is 12.4 Å². The van der Waals surface area contributed by atoms with Gasteiger partial charge < -0.3 is 10.1 Å². The van der Waals surface area contributed by atoms with Gasteiger partial charge in [-0.05, 0) is 40.7 Å². The number of rotatable bonds is 9. The van der Waals surface area contributed by atoms with Crippen molar-refractivity contribution < 1.29 is 36.3 Å². The highest BCUT2D eigenvalue weighted by Crippen LogP contribution is 2.55.